The van der Waals surface area contributed by atoms with Crippen molar-refractivity contribution >= 4 is 27.5 Å². The van der Waals surface area contributed by atoms with Gasteiger partial charge in [0, 0.05) is 6.54 Å². The van der Waals surface area contributed by atoms with Crippen LogP contribution in [-0.4, -0.2) is 24.1 Å². The molecule has 1 unspecified atom stereocenters. The fourth-order valence-corrected chi connectivity index (χ4v) is 2.51. The molecule has 1 amide bonds. The summed E-state index contributed by atoms with van der Waals surface area (Å²) in [6.07, 6.45) is 1.86. The molecule has 1 aromatic carbocycles. The summed E-state index contributed by atoms with van der Waals surface area (Å²) in [6, 6.07) is 5.20. The molecule has 0 bridgehead atoms. The SMILES string of the molecule is CC1(C(=O)Nc2cccc(Br)c2O)CCCNC1. The van der Waals surface area contributed by atoms with Crippen LogP contribution in [0.25, 0.3) is 0 Å². The smallest absolute Gasteiger partial charge is 0.231 e. The number of carbonyl (C=O) groups is 1. The van der Waals surface area contributed by atoms with Gasteiger partial charge in [0.1, 0.15) is 0 Å². The lowest BCUT2D eigenvalue weighted by molar-refractivity contribution is -0.125. The van der Waals surface area contributed by atoms with E-state index in [0.29, 0.717) is 16.7 Å². The van der Waals surface area contributed by atoms with Crippen molar-refractivity contribution in [3.05, 3.63) is 22.7 Å². The molecule has 1 fully saturated rings. The largest absolute Gasteiger partial charge is 0.505 e. The lowest BCUT2D eigenvalue weighted by atomic mass is 9.82. The summed E-state index contributed by atoms with van der Waals surface area (Å²) in [4.78, 5) is 12.3. The van der Waals surface area contributed by atoms with Crippen LogP contribution in [0.5, 0.6) is 5.75 Å². The van der Waals surface area contributed by atoms with Crippen molar-refractivity contribution in [3.63, 3.8) is 0 Å². The molecular formula is C13H17BrN2O2. The van der Waals surface area contributed by atoms with Crippen LogP contribution in [0.3, 0.4) is 0 Å². The zero-order valence-electron chi connectivity index (χ0n) is 10.3. The predicted octanol–water partition coefficient (Wildman–Crippen LogP) is 2.48. The highest BCUT2D eigenvalue weighted by atomic mass is 79.9. The lowest BCUT2D eigenvalue weighted by Crippen LogP contribution is -2.46. The highest BCUT2D eigenvalue weighted by Gasteiger charge is 2.34. The summed E-state index contributed by atoms with van der Waals surface area (Å²) >= 11 is 3.23. The summed E-state index contributed by atoms with van der Waals surface area (Å²) in [5, 5.41) is 15.9. The van der Waals surface area contributed by atoms with Gasteiger partial charge >= 0.3 is 0 Å². The van der Waals surface area contributed by atoms with Gasteiger partial charge < -0.3 is 15.7 Å². The van der Waals surface area contributed by atoms with Crippen molar-refractivity contribution < 1.29 is 9.90 Å². The Kier molecular flexibility index (Phi) is 3.92. The average Bonchev–Trinajstić information content (AvgIpc) is 2.36. The number of rotatable bonds is 2. The van der Waals surface area contributed by atoms with E-state index in [1.54, 1.807) is 18.2 Å². The Morgan fingerprint density at radius 1 is 1.56 bits per heavy atom. The van der Waals surface area contributed by atoms with E-state index < -0.39 is 5.41 Å². The molecule has 0 aromatic heterocycles. The van der Waals surface area contributed by atoms with Gasteiger partial charge in [-0.25, -0.2) is 0 Å². The monoisotopic (exact) mass is 312 g/mol. The van der Waals surface area contributed by atoms with Gasteiger partial charge in [0.05, 0.1) is 15.6 Å². The molecule has 18 heavy (non-hydrogen) atoms. The molecule has 4 nitrogen and oxygen atoms in total. The number of halogens is 1. The van der Waals surface area contributed by atoms with Gasteiger partial charge in [-0.2, -0.15) is 0 Å². The summed E-state index contributed by atoms with van der Waals surface area (Å²) < 4.78 is 0.576. The Hall–Kier alpha value is -1.07. The number of piperidine rings is 1. The van der Waals surface area contributed by atoms with Crippen LogP contribution in [0, 0.1) is 5.41 Å². The second-order valence-electron chi connectivity index (χ2n) is 4.93. The minimum absolute atomic E-state index is 0.0527. The minimum Gasteiger partial charge on any atom is -0.505 e. The third-order valence-corrected chi connectivity index (χ3v) is 4.02. The maximum absolute atomic E-state index is 12.3. The van der Waals surface area contributed by atoms with Crippen LogP contribution >= 0.6 is 15.9 Å². The van der Waals surface area contributed by atoms with Gasteiger partial charge in [-0.3, -0.25) is 4.79 Å². The fraction of sp³-hybridized carbons (Fsp3) is 0.462. The Morgan fingerprint density at radius 3 is 3.00 bits per heavy atom. The van der Waals surface area contributed by atoms with Crippen LogP contribution in [0.1, 0.15) is 19.8 Å². The number of para-hydroxylation sites is 1. The molecule has 1 aliphatic rings. The number of phenols is 1. The number of hydrogen-bond acceptors (Lipinski definition) is 3. The molecule has 0 spiro atoms. The fourth-order valence-electron chi connectivity index (χ4n) is 2.14. The summed E-state index contributed by atoms with van der Waals surface area (Å²) in [6.45, 7) is 3.59. The third-order valence-electron chi connectivity index (χ3n) is 3.38. The molecule has 3 N–H and O–H groups in total. The predicted molar refractivity (Wildman–Crippen MR) is 74.6 cm³/mol. The molecule has 0 aliphatic carbocycles. The van der Waals surface area contributed by atoms with E-state index in [2.05, 4.69) is 26.6 Å². The summed E-state index contributed by atoms with van der Waals surface area (Å²) in [7, 11) is 0. The van der Waals surface area contributed by atoms with Crippen molar-refractivity contribution in [2.24, 2.45) is 5.41 Å². The second kappa shape index (κ2) is 5.28. The number of aromatic hydroxyl groups is 1. The van der Waals surface area contributed by atoms with E-state index in [4.69, 9.17) is 0 Å². The number of nitrogens with one attached hydrogen (secondary N) is 2. The first kappa shape index (κ1) is 13.4. The Bertz CT molecular complexity index is 456. The molecule has 1 heterocycles. The van der Waals surface area contributed by atoms with E-state index in [9.17, 15) is 9.90 Å². The van der Waals surface area contributed by atoms with Crippen LogP contribution in [0.4, 0.5) is 5.69 Å². The Labute approximate surface area is 115 Å². The third kappa shape index (κ3) is 2.67. The molecule has 0 saturated carbocycles. The molecule has 0 radical (unpaired) electrons. The van der Waals surface area contributed by atoms with Crippen LogP contribution in [0.2, 0.25) is 0 Å². The number of amides is 1. The van der Waals surface area contributed by atoms with Crippen LogP contribution in [0.15, 0.2) is 22.7 Å². The molecular weight excluding hydrogens is 296 g/mol. The van der Waals surface area contributed by atoms with E-state index in [0.717, 1.165) is 19.4 Å². The van der Waals surface area contributed by atoms with E-state index in [1.165, 1.54) is 0 Å². The van der Waals surface area contributed by atoms with Gasteiger partial charge in [-0.05, 0) is 54.4 Å². The van der Waals surface area contributed by atoms with Crippen molar-refractivity contribution in [2.75, 3.05) is 18.4 Å². The van der Waals surface area contributed by atoms with Crippen molar-refractivity contribution in [2.45, 2.75) is 19.8 Å². The Balaban J connectivity index is 2.13. The first-order valence-corrected chi connectivity index (χ1v) is 6.82. The zero-order chi connectivity index (χ0) is 13.2. The first-order chi connectivity index (χ1) is 8.53. The van der Waals surface area contributed by atoms with Crippen molar-refractivity contribution in [1.82, 2.24) is 5.32 Å². The number of benzene rings is 1. The van der Waals surface area contributed by atoms with Gasteiger partial charge in [-0.1, -0.05) is 6.07 Å². The lowest BCUT2D eigenvalue weighted by Gasteiger charge is -2.32. The number of phenolic OH excluding ortho intramolecular Hbond substituents is 1. The van der Waals surface area contributed by atoms with Gasteiger partial charge in [0.2, 0.25) is 5.91 Å². The van der Waals surface area contributed by atoms with Gasteiger partial charge in [0.25, 0.3) is 0 Å². The molecule has 1 saturated heterocycles. The van der Waals surface area contributed by atoms with E-state index in [1.807, 2.05) is 6.92 Å². The highest BCUT2D eigenvalue weighted by Crippen LogP contribution is 2.34. The van der Waals surface area contributed by atoms with Gasteiger partial charge in [-0.15, -0.1) is 0 Å². The number of hydrogen-bond donors (Lipinski definition) is 3. The Morgan fingerprint density at radius 2 is 2.33 bits per heavy atom. The summed E-state index contributed by atoms with van der Waals surface area (Å²) in [5.41, 5.74) is 0.0358. The second-order valence-corrected chi connectivity index (χ2v) is 5.79. The van der Waals surface area contributed by atoms with Crippen molar-refractivity contribution in [1.29, 1.82) is 0 Å². The maximum Gasteiger partial charge on any atom is 0.231 e. The van der Waals surface area contributed by atoms with Crippen molar-refractivity contribution in [3.8, 4) is 5.75 Å². The number of carbonyl (C=O) groups excluding carboxylic acids is 1. The summed E-state index contributed by atoms with van der Waals surface area (Å²) in [5.74, 6) is 0.0151. The van der Waals surface area contributed by atoms with Crippen LogP contribution in [-0.2, 0) is 4.79 Å². The van der Waals surface area contributed by atoms with E-state index in [-0.39, 0.29) is 11.7 Å². The molecule has 1 atom stereocenters. The first-order valence-electron chi connectivity index (χ1n) is 6.02. The topological polar surface area (TPSA) is 61.4 Å². The molecule has 98 valence electrons. The quantitative estimate of drug-likeness (QED) is 0.735. The van der Waals surface area contributed by atoms with Crippen LogP contribution < -0.4 is 10.6 Å². The maximum atomic E-state index is 12.3. The molecule has 5 heteroatoms. The van der Waals surface area contributed by atoms with Gasteiger partial charge in [0.15, 0.2) is 5.75 Å². The normalized spacial score (nSPS) is 23.7. The molecule has 1 aromatic rings. The standard InChI is InChI=1S/C13H17BrN2O2/c1-13(6-3-7-15-8-13)12(18)16-10-5-2-4-9(14)11(10)17/h2,4-5,15,17H,3,6-8H2,1H3,(H,16,18). The average molecular weight is 313 g/mol. The minimum atomic E-state index is -0.410. The number of anilines is 1. The molecule has 2 rings (SSSR count). The highest BCUT2D eigenvalue weighted by molar-refractivity contribution is 9.10. The molecule has 1 aliphatic heterocycles. The zero-order valence-corrected chi connectivity index (χ0v) is 11.9. The van der Waals surface area contributed by atoms with E-state index >= 15 is 0 Å².